The van der Waals surface area contributed by atoms with Gasteiger partial charge in [-0.3, -0.25) is 0 Å². The molecule has 1 heterocycles. The lowest BCUT2D eigenvalue weighted by Crippen LogP contribution is -2.30. The molecule has 2 aromatic rings. The fourth-order valence-corrected chi connectivity index (χ4v) is 3.57. The highest BCUT2D eigenvalue weighted by molar-refractivity contribution is 5.49. The van der Waals surface area contributed by atoms with Gasteiger partial charge in [-0.25, -0.2) is 4.39 Å². The second-order valence-corrected chi connectivity index (χ2v) is 6.50. The number of benzene rings is 2. The molecule has 0 aliphatic carbocycles. The average Bonchev–Trinajstić information content (AvgIpc) is 2.64. The fraction of sp³-hybridized carbons (Fsp3) is 0.400. The van der Waals surface area contributed by atoms with Crippen LogP contribution in [0.5, 0.6) is 11.5 Å². The van der Waals surface area contributed by atoms with Gasteiger partial charge in [0.15, 0.2) is 11.5 Å². The molecule has 7 heteroatoms. The van der Waals surface area contributed by atoms with E-state index in [9.17, 15) is 17.6 Å². The zero-order chi connectivity index (χ0) is 19.6. The lowest BCUT2D eigenvalue weighted by Gasteiger charge is -2.28. The van der Waals surface area contributed by atoms with Crippen LogP contribution in [0.2, 0.25) is 0 Å². The number of ether oxygens (including phenoxy) is 2. The lowest BCUT2D eigenvalue weighted by molar-refractivity contribution is -0.138. The standard InChI is InChI=1S/C20H21F4NO2/c1-26-18-10-12-7-8-25-17(15(12)11-19(18)27-2)6-3-13-9-14(21)4-5-16(13)20(22,23)24/h4-5,9-11,17,25H,3,6-8H2,1-2H3. The van der Waals surface area contributed by atoms with Crippen molar-refractivity contribution in [1.82, 2.24) is 5.32 Å². The van der Waals surface area contributed by atoms with Crippen LogP contribution >= 0.6 is 0 Å². The minimum atomic E-state index is -4.50. The number of halogens is 4. The Labute approximate surface area is 155 Å². The molecule has 1 aliphatic rings. The highest BCUT2D eigenvalue weighted by atomic mass is 19.4. The number of nitrogens with one attached hydrogen (secondary N) is 1. The minimum Gasteiger partial charge on any atom is -0.493 e. The summed E-state index contributed by atoms with van der Waals surface area (Å²) in [5.74, 6) is 0.537. The van der Waals surface area contributed by atoms with Crippen LogP contribution in [0.15, 0.2) is 30.3 Å². The molecule has 0 bridgehead atoms. The highest BCUT2D eigenvalue weighted by Crippen LogP contribution is 2.38. The first-order chi connectivity index (χ1) is 12.8. The fourth-order valence-electron chi connectivity index (χ4n) is 3.57. The number of alkyl halides is 3. The molecule has 27 heavy (non-hydrogen) atoms. The van der Waals surface area contributed by atoms with Crippen LogP contribution in [-0.2, 0) is 19.0 Å². The summed E-state index contributed by atoms with van der Waals surface area (Å²) in [6.07, 6.45) is -3.19. The molecule has 0 saturated carbocycles. The highest BCUT2D eigenvalue weighted by Gasteiger charge is 2.33. The van der Waals surface area contributed by atoms with Crippen LogP contribution in [0, 0.1) is 5.82 Å². The third-order valence-corrected chi connectivity index (χ3v) is 4.88. The predicted octanol–water partition coefficient (Wildman–Crippen LogP) is 4.68. The molecule has 0 aromatic heterocycles. The quantitative estimate of drug-likeness (QED) is 0.761. The Morgan fingerprint density at radius 2 is 1.78 bits per heavy atom. The van der Waals surface area contributed by atoms with Gasteiger partial charge >= 0.3 is 6.18 Å². The first-order valence-electron chi connectivity index (χ1n) is 8.67. The van der Waals surface area contributed by atoms with Crippen molar-refractivity contribution in [2.75, 3.05) is 20.8 Å². The van der Waals surface area contributed by atoms with Crippen molar-refractivity contribution < 1.29 is 27.0 Å². The summed E-state index contributed by atoms with van der Waals surface area (Å²) in [5, 5.41) is 3.34. The van der Waals surface area contributed by atoms with Crippen molar-refractivity contribution in [2.45, 2.75) is 31.5 Å². The van der Waals surface area contributed by atoms with Crippen LogP contribution < -0.4 is 14.8 Å². The maximum absolute atomic E-state index is 13.5. The maximum atomic E-state index is 13.5. The Balaban J connectivity index is 1.86. The van der Waals surface area contributed by atoms with Gasteiger partial charge in [-0.05, 0) is 72.8 Å². The van der Waals surface area contributed by atoms with Gasteiger partial charge in [0.05, 0.1) is 19.8 Å². The second kappa shape index (κ2) is 7.76. The van der Waals surface area contributed by atoms with Crippen molar-refractivity contribution in [3.63, 3.8) is 0 Å². The van der Waals surface area contributed by atoms with Crippen molar-refractivity contribution >= 4 is 0 Å². The first-order valence-corrected chi connectivity index (χ1v) is 8.67. The molecule has 0 radical (unpaired) electrons. The molecule has 0 fully saturated rings. The SMILES string of the molecule is COc1cc2c(cc1OC)C(CCc1cc(F)ccc1C(F)(F)F)NCC2. The molecule has 1 N–H and O–H groups in total. The van der Waals surface area contributed by atoms with E-state index in [0.717, 1.165) is 35.7 Å². The van der Waals surface area contributed by atoms with Crippen LogP contribution in [0.4, 0.5) is 17.6 Å². The van der Waals surface area contributed by atoms with Crippen molar-refractivity contribution in [2.24, 2.45) is 0 Å². The molecule has 1 atom stereocenters. The number of rotatable bonds is 5. The van der Waals surface area contributed by atoms with E-state index in [1.165, 1.54) is 7.11 Å². The summed E-state index contributed by atoms with van der Waals surface area (Å²) in [7, 11) is 3.10. The van der Waals surface area contributed by atoms with E-state index in [1.807, 2.05) is 12.1 Å². The van der Waals surface area contributed by atoms with E-state index in [1.54, 1.807) is 7.11 Å². The zero-order valence-electron chi connectivity index (χ0n) is 15.1. The summed E-state index contributed by atoms with van der Waals surface area (Å²) in [5.41, 5.74) is 1.24. The molecule has 146 valence electrons. The van der Waals surface area contributed by atoms with Gasteiger partial charge in [0.25, 0.3) is 0 Å². The number of hydrogen-bond acceptors (Lipinski definition) is 3. The Morgan fingerprint density at radius 1 is 1.07 bits per heavy atom. The Hall–Kier alpha value is -2.28. The van der Waals surface area contributed by atoms with E-state index >= 15 is 0 Å². The van der Waals surface area contributed by atoms with Crippen LogP contribution in [0.1, 0.15) is 34.7 Å². The summed E-state index contributed by atoms with van der Waals surface area (Å²) >= 11 is 0. The number of fused-ring (bicyclic) bond motifs is 1. The van der Waals surface area contributed by atoms with Gasteiger partial charge in [0, 0.05) is 6.04 Å². The summed E-state index contributed by atoms with van der Waals surface area (Å²) in [6, 6.07) is 6.25. The molecular formula is C20H21F4NO2. The molecular weight excluding hydrogens is 362 g/mol. The van der Waals surface area contributed by atoms with Crippen LogP contribution in [-0.4, -0.2) is 20.8 Å². The van der Waals surface area contributed by atoms with Gasteiger partial charge in [0.2, 0.25) is 0 Å². The number of aryl methyl sites for hydroxylation is 1. The summed E-state index contributed by atoms with van der Waals surface area (Å²) in [6.45, 7) is 0.711. The minimum absolute atomic E-state index is 0.0306. The third-order valence-electron chi connectivity index (χ3n) is 4.88. The van der Waals surface area contributed by atoms with E-state index in [4.69, 9.17) is 9.47 Å². The van der Waals surface area contributed by atoms with Crippen molar-refractivity contribution in [3.05, 3.63) is 58.4 Å². The molecule has 3 nitrogen and oxygen atoms in total. The van der Waals surface area contributed by atoms with Gasteiger partial charge in [0.1, 0.15) is 5.82 Å². The second-order valence-electron chi connectivity index (χ2n) is 6.50. The molecule has 0 spiro atoms. The molecule has 0 amide bonds. The first kappa shape index (κ1) is 19.5. The molecule has 1 unspecified atom stereocenters. The topological polar surface area (TPSA) is 30.5 Å². The van der Waals surface area contributed by atoms with Crippen LogP contribution in [0.25, 0.3) is 0 Å². The summed E-state index contributed by atoms with van der Waals surface area (Å²) < 4.78 is 63.8. The van der Waals surface area contributed by atoms with Crippen molar-refractivity contribution in [3.8, 4) is 11.5 Å². The van der Waals surface area contributed by atoms with Gasteiger partial charge in [-0.2, -0.15) is 13.2 Å². The summed E-state index contributed by atoms with van der Waals surface area (Å²) in [4.78, 5) is 0. The monoisotopic (exact) mass is 383 g/mol. The predicted molar refractivity (Wildman–Crippen MR) is 93.7 cm³/mol. The zero-order valence-corrected chi connectivity index (χ0v) is 15.1. The van der Waals surface area contributed by atoms with Crippen LogP contribution in [0.3, 0.4) is 0 Å². The molecule has 1 aliphatic heterocycles. The Bertz CT molecular complexity index is 820. The maximum Gasteiger partial charge on any atom is 0.416 e. The van der Waals surface area contributed by atoms with E-state index < -0.39 is 17.6 Å². The van der Waals surface area contributed by atoms with Gasteiger partial charge in [-0.15, -0.1) is 0 Å². The number of methoxy groups -OCH3 is 2. The van der Waals surface area contributed by atoms with Gasteiger partial charge in [-0.1, -0.05) is 0 Å². The smallest absolute Gasteiger partial charge is 0.416 e. The largest absolute Gasteiger partial charge is 0.493 e. The van der Waals surface area contributed by atoms with E-state index in [-0.39, 0.29) is 18.0 Å². The molecule has 3 rings (SSSR count). The Kier molecular flexibility index (Phi) is 5.60. The molecule has 2 aromatic carbocycles. The Morgan fingerprint density at radius 3 is 2.44 bits per heavy atom. The van der Waals surface area contributed by atoms with E-state index in [0.29, 0.717) is 24.5 Å². The van der Waals surface area contributed by atoms with E-state index in [2.05, 4.69) is 5.32 Å². The van der Waals surface area contributed by atoms with Gasteiger partial charge < -0.3 is 14.8 Å². The van der Waals surface area contributed by atoms with Crippen molar-refractivity contribution in [1.29, 1.82) is 0 Å². The average molecular weight is 383 g/mol. The third kappa shape index (κ3) is 4.18. The number of hydrogen-bond donors (Lipinski definition) is 1. The lowest BCUT2D eigenvalue weighted by atomic mass is 9.89. The normalized spacial score (nSPS) is 16.7. The molecule has 0 saturated heterocycles.